The van der Waals surface area contributed by atoms with Crippen molar-refractivity contribution < 1.29 is 4.74 Å². The van der Waals surface area contributed by atoms with Gasteiger partial charge < -0.3 is 9.64 Å². The summed E-state index contributed by atoms with van der Waals surface area (Å²) in [7, 11) is 1.70. The number of aromatic nitrogens is 1. The maximum atomic E-state index is 5.87. The third-order valence-electron chi connectivity index (χ3n) is 2.34. The van der Waals surface area contributed by atoms with E-state index in [9.17, 15) is 0 Å². The molecule has 0 bridgehead atoms. The zero-order chi connectivity index (χ0) is 12.1. The van der Waals surface area contributed by atoms with Crippen molar-refractivity contribution in [2.45, 2.75) is 19.9 Å². The minimum atomic E-state index is 0.278. The molecule has 1 aromatic rings. The molecule has 3 nitrogen and oxygen atoms in total. The van der Waals surface area contributed by atoms with Crippen LogP contribution in [0.25, 0.3) is 0 Å². The molecule has 0 radical (unpaired) electrons. The Bertz CT molecular complexity index is 349. The van der Waals surface area contributed by atoms with E-state index in [-0.39, 0.29) is 6.04 Å². The second-order valence-electron chi connectivity index (χ2n) is 3.55. The topological polar surface area (TPSA) is 25.4 Å². The summed E-state index contributed by atoms with van der Waals surface area (Å²) in [6, 6.07) is 2.13. The molecule has 1 rings (SSSR count). The minimum absolute atomic E-state index is 0.278. The molecule has 0 N–H and O–H groups in total. The molecule has 0 aliphatic carbocycles. The summed E-state index contributed by atoms with van der Waals surface area (Å²) >= 11 is 9.35. The van der Waals surface area contributed by atoms with Gasteiger partial charge in [0.2, 0.25) is 0 Å². The Morgan fingerprint density at radius 3 is 2.81 bits per heavy atom. The van der Waals surface area contributed by atoms with Gasteiger partial charge in [-0.1, -0.05) is 11.6 Å². The number of ether oxygens (including phenoxy) is 1. The first kappa shape index (κ1) is 13.7. The summed E-state index contributed by atoms with van der Waals surface area (Å²) in [5, 5.41) is 0.631. The molecule has 0 saturated carbocycles. The van der Waals surface area contributed by atoms with Crippen LogP contribution in [0.1, 0.15) is 13.8 Å². The molecule has 0 aromatic carbocycles. The molecule has 1 atom stereocenters. The van der Waals surface area contributed by atoms with E-state index in [1.807, 2.05) is 6.07 Å². The van der Waals surface area contributed by atoms with Crippen LogP contribution in [0.5, 0.6) is 0 Å². The Kier molecular flexibility index (Phi) is 5.52. The minimum Gasteiger partial charge on any atom is -0.383 e. The predicted molar refractivity (Wildman–Crippen MR) is 71.3 cm³/mol. The van der Waals surface area contributed by atoms with Crippen molar-refractivity contribution in [3.8, 4) is 0 Å². The maximum Gasteiger partial charge on any atom is 0.143 e. The summed E-state index contributed by atoms with van der Waals surface area (Å²) in [5.74, 6) is 0.899. The molecule has 16 heavy (non-hydrogen) atoms. The standard InChI is InChI=1S/C11H16BrClN2O/c1-4-15(8(2)7-16-3)11-10(12)5-9(13)6-14-11/h5-6,8H,4,7H2,1-3H3. The number of anilines is 1. The van der Waals surface area contributed by atoms with Crippen molar-refractivity contribution in [2.75, 3.05) is 25.2 Å². The van der Waals surface area contributed by atoms with E-state index < -0.39 is 0 Å². The Morgan fingerprint density at radius 2 is 2.31 bits per heavy atom. The zero-order valence-electron chi connectivity index (χ0n) is 9.70. The molecule has 0 saturated heterocycles. The van der Waals surface area contributed by atoms with Gasteiger partial charge in [-0.3, -0.25) is 0 Å². The van der Waals surface area contributed by atoms with E-state index in [0.29, 0.717) is 11.6 Å². The highest BCUT2D eigenvalue weighted by Gasteiger charge is 2.16. The Balaban J connectivity index is 2.94. The highest BCUT2D eigenvalue weighted by atomic mass is 79.9. The third kappa shape index (κ3) is 3.34. The quantitative estimate of drug-likeness (QED) is 0.834. The zero-order valence-corrected chi connectivity index (χ0v) is 12.0. The number of likely N-dealkylation sites (N-methyl/N-ethyl adjacent to an activating group) is 1. The normalized spacial score (nSPS) is 12.6. The fraction of sp³-hybridized carbons (Fsp3) is 0.545. The van der Waals surface area contributed by atoms with Crippen LogP contribution in [-0.4, -0.2) is 31.3 Å². The first-order chi connectivity index (χ1) is 7.60. The van der Waals surface area contributed by atoms with Crippen LogP contribution in [0.2, 0.25) is 5.02 Å². The summed E-state index contributed by atoms with van der Waals surface area (Å²) in [5.41, 5.74) is 0. The summed E-state index contributed by atoms with van der Waals surface area (Å²) in [4.78, 5) is 6.51. The van der Waals surface area contributed by atoms with Gasteiger partial charge in [-0.05, 0) is 35.8 Å². The van der Waals surface area contributed by atoms with Gasteiger partial charge in [0, 0.05) is 19.9 Å². The lowest BCUT2D eigenvalue weighted by Gasteiger charge is -2.29. The van der Waals surface area contributed by atoms with Crippen LogP contribution in [0.4, 0.5) is 5.82 Å². The molecule has 5 heteroatoms. The SMILES string of the molecule is CCN(c1ncc(Cl)cc1Br)C(C)COC. The van der Waals surface area contributed by atoms with Crippen LogP contribution in [-0.2, 0) is 4.74 Å². The molecule has 1 aromatic heterocycles. The number of pyridine rings is 1. The van der Waals surface area contributed by atoms with E-state index in [2.05, 4.69) is 39.7 Å². The first-order valence-corrected chi connectivity index (χ1v) is 6.33. The molecule has 0 fully saturated rings. The highest BCUT2D eigenvalue weighted by Crippen LogP contribution is 2.27. The lowest BCUT2D eigenvalue weighted by Crippen LogP contribution is -2.36. The van der Waals surface area contributed by atoms with Crippen LogP contribution in [0, 0.1) is 0 Å². The van der Waals surface area contributed by atoms with Crippen molar-refractivity contribution in [3.63, 3.8) is 0 Å². The van der Waals surface area contributed by atoms with Crippen molar-refractivity contribution >= 4 is 33.3 Å². The van der Waals surface area contributed by atoms with Crippen molar-refractivity contribution in [1.29, 1.82) is 0 Å². The summed E-state index contributed by atoms with van der Waals surface area (Å²) in [6.07, 6.45) is 1.66. The lowest BCUT2D eigenvalue weighted by molar-refractivity contribution is 0.181. The average molecular weight is 308 g/mol. The van der Waals surface area contributed by atoms with E-state index >= 15 is 0 Å². The van der Waals surface area contributed by atoms with Crippen molar-refractivity contribution in [2.24, 2.45) is 0 Å². The molecule has 0 amide bonds. The Labute approximate surface area is 110 Å². The van der Waals surface area contributed by atoms with Crippen LogP contribution < -0.4 is 4.90 Å². The molecule has 0 aliphatic heterocycles. The number of methoxy groups -OCH3 is 1. The van der Waals surface area contributed by atoms with Crippen molar-refractivity contribution in [1.82, 2.24) is 4.98 Å². The number of nitrogens with zero attached hydrogens (tertiary/aromatic N) is 2. The van der Waals surface area contributed by atoms with Gasteiger partial charge in [0.05, 0.1) is 22.1 Å². The molecule has 90 valence electrons. The Hall–Kier alpha value is -0.320. The van der Waals surface area contributed by atoms with Gasteiger partial charge in [-0.25, -0.2) is 4.98 Å². The van der Waals surface area contributed by atoms with Gasteiger partial charge >= 0.3 is 0 Å². The number of rotatable bonds is 5. The van der Waals surface area contributed by atoms with Gasteiger partial charge in [0.15, 0.2) is 0 Å². The fourth-order valence-corrected chi connectivity index (χ4v) is 2.49. The van der Waals surface area contributed by atoms with Crippen LogP contribution in [0.3, 0.4) is 0 Å². The van der Waals surface area contributed by atoms with Gasteiger partial charge in [-0.15, -0.1) is 0 Å². The summed E-state index contributed by atoms with van der Waals surface area (Å²) in [6.45, 7) is 5.74. The molecular weight excluding hydrogens is 291 g/mol. The number of hydrogen-bond acceptors (Lipinski definition) is 3. The smallest absolute Gasteiger partial charge is 0.143 e. The average Bonchev–Trinajstić information content (AvgIpc) is 2.22. The molecular formula is C11H16BrClN2O. The summed E-state index contributed by atoms with van der Waals surface area (Å²) < 4.78 is 6.07. The van der Waals surface area contributed by atoms with E-state index in [0.717, 1.165) is 16.8 Å². The van der Waals surface area contributed by atoms with Gasteiger partial charge in [0.25, 0.3) is 0 Å². The van der Waals surface area contributed by atoms with Gasteiger partial charge in [0.1, 0.15) is 5.82 Å². The molecule has 1 heterocycles. The maximum absolute atomic E-state index is 5.87. The van der Waals surface area contributed by atoms with Crippen LogP contribution >= 0.6 is 27.5 Å². The second kappa shape index (κ2) is 6.42. The predicted octanol–water partition coefficient (Wildman–Crippen LogP) is 3.36. The van der Waals surface area contributed by atoms with E-state index in [4.69, 9.17) is 16.3 Å². The van der Waals surface area contributed by atoms with E-state index in [1.54, 1.807) is 13.3 Å². The largest absolute Gasteiger partial charge is 0.383 e. The van der Waals surface area contributed by atoms with Crippen LogP contribution in [0.15, 0.2) is 16.7 Å². The highest BCUT2D eigenvalue weighted by molar-refractivity contribution is 9.10. The first-order valence-electron chi connectivity index (χ1n) is 5.16. The van der Waals surface area contributed by atoms with Gasteiger partial charge in [-0.2, -0.15) is 0 Å². The number of hydrogen-bond donors (Lipinski definition) is 0. The number of halogens is 2. The molecule has 0 spiro atoms. The van der Waals surface area contributed by atoms with E-state index in [1.165, 1.54) is 0 Å². The third-order valence-corrected chi connectivity index (χ3v) is 3.13. The molecule has 1 unspecified atom stereocenters. The Morgan fingerprint density at radius 1 is 1.62 bits per heavy atom. The monoisotopic (exact) mass is 306 g/mol. The second-order valence-corrected chi connectivity index (χ2v) is 4.84. The molecule has 0 aliphatic rings. The lowest BCUT2D eigenvalue weighted by atomic mass is 10.3. The van der Waals surface area contributed by atoms with Crippen molar-refractivity contribution in [3.05, 3.63) is 21.8 Å². The fourth-order valence-electron chi connectivity index (χ4n) is 1.62.